The van der Waals surface area contributed by atoms with E-state index in [1.54, 1.807) is 0 Å². The van der Waals surface area contributed by atoms with E-state index in [1.165, 1.54) is 25.2 Å². The summed E-state index contributed by atoms with van der Waals surface area (Å²) in [5.41, 5.74) is 0. The zero-order valence-corrected chi connectivity index (χ0v) is 9.65. The lowest BCUT2D eigenvalue weighted by Gasteiger charge is -2.25. The highest BCUT2D eigenvalue weighted by Crippen LogP contribution is 2.27. The maximum Gasteiger partial charge on any atom is 0.102 e. The molecule has 0 aromatic heterocycles. The van der Waals surface area contributed by atoms with E-state index in [9.17, 15) is 5.11 Å². The molecule has 2 aliphatic heterocycles. The Hall–Kier alpha value is -0.570. The summed E-state index contributed by atoms with van der Waals surface area (Å²) in [6, 6.07) is 0. The lowest BCUT2D eigenvalue weighted by atomic mass is 9.97. The minimum atomic E-state index is -0.121. The second-order valence-corrected chi connectivity index (χ2v) is 4.74. The maximum absolute atomic E-state index is 9.83. The summed E-state index contributed by atoms with van der Waals surface area (Å²) in [4.78, 5) is 7.03. The van der Waals surface area contributed by atoms with Crippen LogP contribution in [0.2, 0.25) is 0 Å². The van der Waals surface area contributed by atoms with Crippen molar-refractivity contribution < 1.29 is 5.11 Å². The molecule has 0 aliphatic carbocycles. The van der Waals surface area contributed by atoms with Gasteiger partial charge in [-0.3, -0.25) is 4.99 Å². The van der Waals surface area contributed by atoms with E-state index in [4.69, 9.17) is 0 Å². The lowest BCUT2D eigenvalue weighted by Crippen LogP contribution is -2.33. The zero-order valence-electron chi connectivity index (χ0n) is 9.65. The van der Waals surface area contributed by atoms with Crippen LogP contribution in [0.15, 0.2) is 4.99 Å². The smallest absolute Gasteiger partial charge is 0.102 e. The molecule has 1 fully saturated rings. The number of aliphatic hydroxyl groups is 1. The number of fused-ring (bicyclic) bond motifs is 1. The van der Waals surface area contributed by atoms with Crippen LogP contribution >= 0.6 is 0 Å². The second kappa shape index (κ2) is 4.97. The largest absolute Gasteiger partial charge is 0.393 e. The molecule has 0 radical (unpaired) electrons. The molecule has 3 heteroatoms. The van der Waals surface area contributed by atoms with Gasteiger partial charge in [-0.2, -0.15) is 0 Å². The average molecular weight is 210 g/mol. The van der Waals surface area contributed by atoms with Gasteiger partial charge in [0.2, 0.25) is 0 Å². The summed E-state index contributed by atoms with van der Waals surface area (Å²) in [5, 5.41) is 9.83. The zero-order chi connectivity index (χ0) is 10.7. The molecule has 2 rings (SSSR count). The third kappa shape index (κ3) is 2.51. The molecule has 0 aromatic carbocycles. The fourth-order valence-corrected chi connectivity index (χ4v) is 2.73. The molecule has 0 saturated carbocycles. The number of hydrogen-bond donors (Lipinski definition) is 1. The van der Waals surface area contributed by atoms with Crippen molar-refractivity contribution in [3.05, 3.63) is 0 Å². The number of amidine groups is 1. The van der Waals surface area contributed by atoms with Crippen LogP contribution in [0.3, 0.4) is 0 Å². The standard InChI is InChI=1S/C12H22N2O/c1-2-4-11(15)9-10-5-8-14-7-3-6-13-12(10)14/h10-11,15H,2-9H2,1H3. The number of hydrogen-bond acceptors (Lipinski definition) is 3. The van der Waals surface area contributed by atoms with Gasteiger partial charge in [0, 0.05) is 25.6 Å². The first kappa shape index (κ1) is 10.9. The van der Waals surface area contributed by atoms with Crippen molar-refractivity contribution in [2.45, 2.75) is 45.1 Å². The van der Waals surface area contributed by atoms with Crippen molar-refractivity contribution >= 4 is 5.84 Å². The summed E-state index contributed by atoms with van der Waals surface area (Å²) >= 11 is 0. The molecule has 1 saturated heterocycles. The highest BCUT2D eigenvalue weighted by atomic mass is 16.3. The molecule has 2 aliphatic rings. The Kier molecular flexibility index (Phi) is 3.62. The molecule has 2 heterocycles. The van der Waals surface area contributed by atoms with Gasteiger partial charge in [0.1, 0.15) is 5.84 Å². The Morgan fingerprint density at radius 1 is 1.53 bits per heavy atom. The highest BCUT2D eigenvalue weighted by Gasteiger charge is 2.31. The first-order chi connectivity index (χ1) is 7.31. The van der Waals surface area contributed by atoms with Crippen LogP contribution in [0, 0.1) is 5.92 Å². The van der Waals surface area contributed by atoms with E-state index in [0.717, 1.165) is 32.4 Å². The maximum atomic E-state index is 9.83. The van der Waals surface area contributed by atoms with Gasteiger partial charge in [0.15, 0.2) is 0 Å². The Morgan fingerprint density at radius 3 is 3.20 bits per heavy atom. The monoisotopic (exact) mass is 210 g/mol. The van der Waals surface area contributed by atoms with Gasteiger partial charge in [-0.05, 0) is 25.7 Å². The Bertz CT molecular complexity index is 240. The van der Waals surface area contributed by atoms with Crippen LogP contribution in [-0.4, -0.2) is 41.6 Å². The van der Waals surface area contributed by atoms with Crippen molar-refractivity contribution in [1.29, 1.82) is 0 Å². The quantitative estimate of drug-likeness (QED) is 0.766. The Morgan fingerprint density at radius 2 is 2.40 bits per heavy atom. The van der Waals surface area contributed by atoms with Crippen molar-refractivity contribution in [2.75, 3.05) is 19.6 Å². The van der Waals surface area contributed by atoms with Crippen LogP contribution < -0.4 is 0 Å². The molecule has 2 atom stereocenters. The van der Waals surface area contributed by atoms with Gasteiger partial charge >= 0.3 is 0 Å². The molecule has 0 aromatic rings. The molecule has 0 bridgehead atoms. The fourth-order valence-electron chi connectivity index (χ4n) is 2.73. The van der Waals surface area contributed by atoms with Crippen LogP contribution in [0.1, 0.15) is 39.0 Å². The van der Waals surface area contributed by atoms with E-state index in [1.807, 2.05) is 0 Å². The van der Waals surface area contributed by atoms with Crippen LogP contribution in [0.5, 0.6) is 0 Å². The van der Waals surface area contributed by atoms with Crippen LogP contribution in [-0.2, 0) is 0 Å². The molecular formula is C12H22N2O. The summed E-state index contributed by atoms with van der Waals surface area (Å²) in [6.45, 7) is 5.45. The summed E-state index contributed by atoms with van der Waals surface area (Å²) in [5.74, 6) is 1.82. The van der Waals surface area contributed by atoms with Crippen LogP contribution in [0.4, 0.5) is 0 Å². The summed E-state index contributed by atoms with van der Waals surface area (Å²) in [6.07, 6.45) is 5.20. The number of aliphatic hydroxyl groups excluding tert-OH is 1. The summed E-state index contributed by atoms with van der Waals surface area (Å²) in [7, 11) is 0. The first-order valence-corrected chi connectivity index (χ1v) is 6.28. The van der Waals surface area contributed by atoms with Crippen LogP contribution in [0.25, 0.3) is 0 Å². The van der Waals surface area contributed by atoms with Crippen molar-refractivity contribution in [3.8, 4) is 0 Å². The van der Waals surface area contributed by atoms with Crippen molar-refractivity contribution in [3.63, 3.8) is 0 Å². The molecule has 0 amide bonds. The van der Waals surface area contributed by atoms with Gasteiger partial charge in [-0.25, -0.2) is 0 Å². The van der Waals surface area contributed by atoms with Gasteiger partial charge < -0.3 is 10.0 Å². The van der Waals surface area contributed by atoms with E-state index in [-0.39, 0.29) is 6.10 Å². The summed E-state index contributed by atoms with van der Waals surface area (Å²) < 4.78 is 0. The number of rotatable bonds is 4. The van der Waals surface area contributed by atoms with E-state index in [2.05, 4.69) is 16.8 Å². The van der Waals surface area contributed by atoms with E-state index < -0.39 is 0 Å². The third-order valence-corrected chi connectivity index (χ3v) is 3.48. The Labute approximate surface area is 92.2 Å². The predicted molar refractivity (Wildman–Crippen MR) is 62.1 cm³/mol. The molecule has 0 spiro atoms. The SMILES string of the molecule is CCCC(O)CC1CCN2CCCN=C12. The van der Waals surface area contributed by atoms with Crippen molar-refractivity contribution in [2.24, 2.45) is 10.9 Å². The van der Waals surface area contributed by atoms with E-state index in [0.29, 0.717) is 5.92 Å². The molecule has 3 nitrogen and oxygen atoms in total. The first-order valence-electron chi connectivity index (χ1n) is 6.28. The molecule has 15 heavy (non-hydrogen) atoms. The van der Waals surface area contributed by atoms with Gasteiger partial charge in [-0.1, -0.05) is 13.3 Å². The Balaban J connectivity index is 1.90. The van der Waals surface area contributed by atoms with Gasteiger partial charge in [-0.15, -0.1) is 0 Å². The van der Waals surface area contributed by atoms with E-state index >= 15 is 0 Å². The second-order valence-electron chi connectivity index (χ2n) is 4.74. The normalized spacial score (nSPS) is 27.5. The third-order valence-electron chi connectivity index (χ3n) is 3.48. The highest BCUT2D eigenvalue weighted by molar-refractivity contribution is 5.87. The topological polar surface area (TPSA) is 35.8 Å². The molecular weight excluding hydrogens is 188 g/mol. The van der Waals surface area contributed by atoms with Gasteiger partial charge in [0.05, 0.1) is 6.10 Å². The number of aliphatic imine (C=N–C) groups is 1. The minimum Gasteiger partial charge on any atom is -0.393 e. The minimum absolute atomic E-state index is 0.121. The molecule has 2 unspecified atom stereocenters. The predicted octanol–water partition coefficient (Wildman–Crippen LogP) is 1.66. The lowest BCUT2D eigenvalue weighted by molar-refractivity contribution is 0.143. The molecule has 86 valence electrons. The molecule has 1 N–H and O–H groups in total. The average Bonchev–Trinajstić information content (AvgIpc) is 2.62. The van der Waals surface area contributed by atoms with Gasteiger partial charge in [0.25, 0.3) is 0 Å². The fraction of sp³-hybridized carbons (Fsp3) is 0.917. The number of nitrogens with zero attached hydrogens (tertiary/aromatic N) is 2. The van der Waals surface area contributed by atoms with Crippen molar-refractivity contribution in [1.82, 2.24) is 4.90 Å².